The molecule has 16 heteroatoms. The molecular formula is C27H37N9O6S. The molecule has 0 radical (unpaired) electrons. The molecule has 5 aliphatic rings. The number of aromatic nitrogens is 4. The summed E-state index contributed by atoms with van der Waals surface area (Å²) in [5.41, 5.74) is -0.0124. The Balaban J connectivity index is 1.09. The minimum atomic E-state index is -1.17. The number of aliphatic carboxylic acids is 1. The molecule has 0 saturated carbocycles. The number of rotatable bonds is 9. The summed E-state index contributed by atoms with van der Waals surface area (Å²) in [4.78, 5) is 70.3. The number of fused-ring (bicyclic) bond motifs is 1. The minimum Gasteiger partial charge on any atom is -0.477 e. The second kappa shape index (κ2) is 11.9. The number of tetrazole rings is 1. The fourth-order valence-corrected chi connectivity index (χ4v) is 8.76. The average molecular weight is 616 g/mol. The van der Waals surface area contributed by atoms with Crippen molar-refractivity contribution in [3.63, 3.8) is 0 Å². The molecular weight excluding hydrogens is 578 g/mol. The molecule has 0 aromatic carbocycles. The number of likely N-dealkylation sites (tertiary alicyclic amines) is 2. The summed E-state index contributed by atoms with van der Waals surface area (Å²) >= 11 is 1.41. The third-order valence-electron chi connectivity index (χ3n) is 9.34. The Kier molecular flexibility index (Phi) is 8.15. The maximum Gasteiger partial charge on any atom is 0.353 e. The fourth-order valence-electron chi connectivity index (χ4n) is 7.28. The van der Waals surface area contributed by atoms with Gasteiger partial charge in [0.05, 0.1) is 18.0 Å². The van der Waals surface area contributed by atoms with Crippen molar-refractivity contribution < 1.29 is 29.1 Å². The first-order chi connectivity index (χ1) is 20.7. The van der Waals surface area contributed by atoms with Gasteiger partial charge in [-0.05, 0) is 49.5 Å². The van der Waals surface area contributed by atoms with E-state index in [0.29, 0.717) is 30.8 Å². The van der Waals surface area contributed by atoms with Crippen molar-refractivity contribution in [2.75, 3.05) is 26.2 Å². The Morgan fingerprint density at radius 2 is 1.93 bits per heavy atom. The van der Waals surface area contributed by atoms with Crippen molar-refractivity contribution in [3.05, 3.63) is 16.9 Å². The molecule has 3 N–H and O–H groups in total. The molecule has 0 spiro atoms. The predicted octanol–water partition coefficient (Wildman–Crippen LogP) is -0.972. The van der Waals surface area contributed by atoms with Gasteiger partial charge in [0.15, 0.2) is 0 Å². The Hall–Kier alpha value is -3.53. The van der Waals surface area contributed by atoms with Gasteiger partial charge in [0, 0.05) is 48.3 Å². The fraction of sp³-hybridized carbons (Fsp3) is 0.704. The van der Waals surface area contributed by atoms with E-state index in [4.69, 9.17) is 0 Å². The number of hydrogen-bond acceptors (Lipinski definition) is 10. The summed E-state index contributed by atoms with van der Waals surface area (Å²) in [7, 11) is 0. The van der Waals surface area contributed by atoms with Crippen LogP contribution in [0.25, 0.3) is 0 Å². The largest absolute Gasteiger partial charge is 0.477 e. The van der Waals surface area contributed by atoms with Gasteiger partial charge in [0.1, 0.15) is 24.6 Å². The van der Waals surface area contributed by atoms with Gasteiger partial charge in [-0.3, -0.25) is 19.2 Å². The molecule has 1 aromatic heterocycles. The summed E-state index contributed by atoms with van der Waals surface area (Å²) < 4.78 is 1.27. The third-order valence-corrected chi connectivity index (χ3v) is 10.8. The summed E-state index contributed by atoms with van der Waals surface area (Å²) in [6.07, 6.45) is 5.31. The number of hydrogen-bond donors (Lipinski definition) is 3. The standard InChI is InChI=1S/C27H37N9O6S/c1-14-21-20(15(2)30-19(37)12-34-13-29-31-32-34)26(40)36(21)22(27(41)42)23(14)43-16-10-17(28-11-16)24(38)35-9-5-6-18(35)25(39)33-7-3-4-8-33/h13-18,20-21,28H,3-12H2,1-2H3,(H,30,37)(H,41,42)/t14-,15-,16+,17+,18+,20-,21?/m1/s1. The van der Waals surface area contributed by atoms with Crippen LogP contribution in [-0.4, -0.2) is 125 Å². The van der Waals surface area contributed by atoms with Crippen LogP contribution in [0.2, 0.25) is 0 Å². The number of carboxylic acid groups (broad SMARTS) is 1. The molecule has 7 atom stereocenters. The van der Waals surface area contributed by atoms with Gasteiger partial charge in [0.2, 0.25) is 23.6 Å². The second-order valence-corrected chi connectivity index (χ2v) is 13.4. The SMILES string of the molecule is C[C@H]1C(S[C@@H]2CN[C@H](C(=O)N3CCC[C@H]3C(=O)N3CCCC3)C2)=C(C(=O)O)N2C(=O)[C@H]([C@@H](C)NC(=O)Cn3cnnn3)C12. The Labute approximate surface area is 252 Å². The maximum atomic E-state index is 13.5. The first-order valence-electron chi connectivity index (χ1n) is 15.0. The van der Waals surface area contributed by atoms with E-state index in [9.17, 15) is 29.1 Å². The summed E-state index contributed by atoms with van der Waals surface area (Å²) in [5.74, 6) is -2.71. The Bertz CT molecular complexity index is 1330. The number of carbonyl (C=O) groups excluding carboxylic acids is 4. The van der Waals surface area contributed by atoms with Crippen molar-refractivity contribution in [2.45, 2.75) is 81.9 Å². The lowest BCUT2D eigenvalue weighted by Gasteiger charge is -2.47. The highest BCUT2D eigenvalue weighted by atomic mass is 32.2. The van der Waals surface area contributed by atoms with E-state index in [1.54, 1.807) is 11.8 Å². The average Bonchev–Trinajstić information content (AvgIpc) is 3.80. The normalized spacial score (nSPS) is 30.9. The number of β-lactam (4-membered cyclic amide) rings is 1. The molecule has 6 heterocycles. The van der Waals surface area contributed by atoms with Crippen molar-refractivity contribution in [3.8, 4) is 0 Å². The van der Waals surface area contributed by atoms with Crippen LogP contribution in [0.15, 0.2) is 16.9 Å². The van der Waals surface area contributed by atoms with Crippen LogP contribution < -0.4 is 10.6 Å². The first kappa shape index (κ1) is 29.5. The number of carboxylic acids is 1. The molecule has 6 rings (SSSR count). The van der Waals surface area contributed by atoms with Crippen LogP contribution in [-0.2, 0) is 30.5 Å². The smallest absolute Gasteiger partial charge is 0.353 e. The van der Waals surface area contributed by atoms with Gasteiger partial charge in [-0.1, -0.05) is 6.92 Å². The van der Waals surface area contributed by atoms with Crippen LogP contribution in [0.3, 0.4) is 0 Å². The number of carbonyl (C=O) groups is 5. The van der Waals surface area contributed by atoms with Crippen molar-refractivity contribution in [1.29, 1.82) is 0 Å². The van der Waals surface area contributed by atoms with E-state index in [-0.39, 0.29) is 47.0 Å². The quantitative estimate of drug-likeness (QED) is 0.291. The molecule has 4 fully saturated rings. The van der Waals surface area contributed by atoms with Crippen LogP contribution in [0.4, 0.5) is 0 Å². The topological polar surface area (TPSA) is 183 Å². The lowest BCUT2D eigenvalue weighted by atomic mass is 9.78. The van der Waals surface area contributed by atoms with E-state index < -0.39 is 36.1 Å². The Morgan fingerprint density at radius 1 is 1.16 bits per heavy atom. The summed E-state index contributed by atoms with van der Waals surface area (Å²) in [6.45, 7) is 6.14. The van der Waals surface area contributed by atoms with E-state index in [1.807, 2.05) is 11.8 Å². The van der Waals surface area contributed by atoms with Crippen molar-refractivity contribution in [2.24, 2.45) is 11.8 Å². The van der Waals surface area contributed by atoms with Crippen molar-refractivity contribution in [1.82, 2.24) is 45.5 Å². The van der Waals surface area contributed by atoms with Crippen LogP contribution in [0, 0.1) is 11.8 Å². The molecule has 1 unspecified atom stereocenters. The number of thioether (sulfide) groups is 1. The highest BCUT2D eigenvalue weighted by Gasteiger charge is 2.60. The molecule has 4 saturated heterocycles. The molecule has 5 aliphatic heterocycles. The molecule has 4 amide bonds. The van der Waals surface area contributed by atoms with Gasteiger partial charge in [0.25, 0.3) is 0 Å². The van der Waals surface area contributed by atoms with Gasteiger partial charge < -0.3 is 30.4 Å². The lowest BCUT2D eigenvalue weighted by Crippen LogP contribution is -2.66. The predicted molar refractivity (Wildman–Crippen MR) is 152 cm³/mol. The van der Waals surface area contributed by atoms with Gasteiger partial charge in [-0.2, -0.15) is 0 Å². The summed E-state index contributed by atoms with van der Waals surface area (Å²) in [5, 5.41) is 26.9. The molecule has 0 bridgehead atoms. The maximum absolute atomic E-state index is 13.5. The number of nitrogens with zero attached hydrogens (tertiary/aromatic N) is 7. The van der Waals surface area contributed by atoms with E-state index in [1.165, 1.54) is 27.7 Å². The molecule has 0 aliphatic carbocycles. The highest BCUT2D eigenvalue weighted by molar-refractivity contribution is 8.03. The number of amides is 4. The van der Waals surface area contributed by atoms with E-state index in [2.05, 4.69) is 26.2 Å². The zero-order valence-corrected chi connectivity index (χ0v) is 25.0. The lowest BCUT2D eigenvalue weighted by molar-refractivity contribution is -0.158. The van der Waals surface area contributed by atoms with Gasteiger partial charge >= 0.3 is 5.97 Å². The van der Waals surface area contributed by atoms with Gasteiger partial charge in [-0.15, -0.1) is 16.9 Å². The third kappa shape index (κ3) is 5.39. The van der Waals surface area contributed by atoms with Crippen LogP contribution >= 0.6 is 11.8 Å². The molecule has 43 heavy (non-hydrogen) atoms. The van der Waals surface area contributed by atoms with Gasteiger partial charge in [-0.25, -0.2) is 9.48 Å². The molecule has 15 nitrogen and oxygen atoms in total. The first-order valence-corrected chi connectivity index (χ1v) is 15.8. The van der Waals surface area contributed by atoms with Crippen LogP contribution in [0.5, 0.6) is 0 Å². The molecule has 232 valence electrons. The highest BCUT2D eigenvalue weighted by Crippen LogP contribution is 2.52. The zero-order valence-electron chi connectivity index (χ0n) is 24.2. The zero-order chi connectivity index (χ0) is 30.4. The number of nitrogens with one attached hydrogen (secondary N) is 2. The minimum absolute atomic E-state index is 0.0124. The van der Waals surface area contributed by atoms with Crippen LogP contribution in [0.1, 0.15) is 46.0 Å². The second-order valence-electron chi connectivity index (χ2n) is 12.1. The molecule has 1 aromatic rings. The van der Waals surface area contributed by atoms with E-state index in [0.717, 1.165) is 32.4 Å². The van der Waals surface area contributed by atoms with Crippen molar-refractivity contribution >= 4 is 41.4 Å². The van der Waals surface area contributed by atoms with E-state index >= 15 is 0 Å². The summed E-state index contributed by atoms with van der Waals surface area (Å²) in [6, 6.07) is -1.77. The monoisotopic (exact) mass is 615 g/mol. The Morgan fingerprint density at radius 3 is 2.63 bits per heavy atom.